The number of carbonyl (C=O) groups excluding carboxylic acids is 1. The molecule has 8 heteroatoms. The second kappa shape index (κ2) is 6.01. The van der Waals surface area contributed by atoms with Crippen molar-refractivity contribution >= 4 is 23.4 Å². The second-order valence-electron chi connectivity index (χ2n) is 4.26. The lowest BCUT2D eigenvalue weighted by molar-refractivity contribution is -0.140. The highest BCUT2D eigenvalue weighted by Gasteiger charge is 2.34. The van der Waals surface area contributed by atoms with Gasteiger partial charge in [0, 0.05) is 23.7 Å². The third kappa shape index (κ3) is 3.63. The smallest absolute Gasteiger partial charge is 0.325 e. The van der Waals surface area contributed by atoms with E-state index in [1.54, 1.807) is 11.8 Å². The molecule has 20 heavy (non-hydrogen) atoms. The van der Waals surface area contributed by atoms with Crippen LogP contribution in [0.5, 0.6) is 0 Å². The molecule has 1 amide bonds. The lowest BCUT2D eigenvalue weighted by Crippen LogP contribution is -2.46. The monoisotopic (exact) mass is 308 g/mol. The van der Waals surface area contributed by atoms with Crippen molar-refractivity contribution in [1.82, 2.24) is 5.32 Å². The molecule has 0 bridgehead atoms. The first-order chi connectivity index (χ1) is 9.38. The van der Waals surface area contributed by atoms with Gasteiger partial charge < -0.3 is 10.6 Å². The van der Waals surface area contributed by atoms with Crippen molar-refractivity contribution in [1.29, 1.82) is 0 Å². The van der Waals surface area contributed by atoms with Gasteiger partial charge in [-0.15, -0.1) is 0 Å². The van der Waals surface area contributed by atoms with E-state index in [1.807, 2.05) is 0 Å². The minimum Gasteiger partial charge on any atom is -0.325 e. The van der Waals surface area contributed by atoms with E-state index in [9.17, 15) is 22.4 Å². The Hall–Kier alpha value is -1.28. The highest BCUT2D eigenvalue weighted by molar-refractivity contribution is 7.99. The number of thioether (sulfide) groups is 1. The number of rotatable bonds is 2. The van der Waals surface area contributed by atoms with Gasteiger partial charge in [0.25, 0.3) is 0 Å². The predicted molar refractivity (Wildman–Crippen MR) is 69.1 cm³/mol. The van der Waals surface area contributed by atoms with E-state index in [0.717, 1.165) is 11.8 Å². The zero-order valence-electron chi connectivity index (χ0n) is 10.3. The van der Waals surface area contributed by atoms with Crippen LogP contribution in [-0.4, -0.2) is 30.0 Å². The van der Waals surface area contributed by atoms with Crippen LogP contribution in [0.15, 0.2) is 18.2 Å². The molecule has 110 valence electrons. The molecule has 0 radical (unpaired) electrons. The molecule has 1 heterocycles. The van der Waals surface area contributed by atoms with E-state index in [-0.39, 0.29) is 5.69 Å². The van der Waals surface area contributed by atoms with E-state index in [2.05, 4.69) is 10.6 Å². The van der Waals surface area contributed by atoms with E-state index in [0.29, 0.717) is 24.4 Å². The molecule has 1 atom stereocenters. The van der Waals surface area contributed by atoms with Crippen LogP contribution in [0.3, 0.4) is 0 Å². The number of amides is 1. The first-order valence-electron chi connectivity index (χ1n) is 5.86. The van der Waals surface area contributed by atoms with Crippen LogP contribution in [0, 0.1) is 5.82 Å². The standard InChI is InChI=1S/C12H12F4N2OS/c13-9-2-1-7(5-8(9)12(14,15)16)18-11(19)10-6-20-4-3-17-10/h1-2,5,10,17H,3-4,6H2,(H,18,19). The zero-order chi connectivity index (χ0) is 14.8. The maximum Gasteiger partial charge on any atom is 0.419 e. The Balaban J connectivity index is 2.11. The number of hydrogen-bond donors (Lipinski definition) is 2. The number of nitrogens with one attached hydrogen (secondary N) is 2. The molecule has 0 saturated carbocycles. The number of carbonyl (C=O) groups is 1. The maximum atomic E-state index is 13.1. The average molecular weight is 308 g/mol. The Bertz CT molecular complexity index is 501. The fourth-order valence-electron chi connectivity index (χ4n) is 1.78. The summed E-state index contributed by atoms with van der Waals surface area (Å²) < 4.78 is 50.8. The SMILES string of the molecule is O=C(Nc1ccc(F)c(C(F)(F)F)c1)C1CSCCN1. The Morgan fingerprint density at radius 2 is 2.15 bits per heavy atom. The van der Waals surface area contributed by atoms with Crippen LogP contribution in [-0.2, 0) is 11.0 Å². The summed E-state index contributed by atoms with van der Waals surface area (Å²) in [5.41, 5.74) is -1.46. The molecule has 1 aliphatic rings. The fourth-order valence-corrected chi connectivity index (χ4v) is 2.72. The topological polar surface area (TPSA) is 41.1 Å². The first-order valence-corrected chi connectivity index (χ1v) is 7.02. The van der Waals surface area contributed by atoms with Gasteiger partial charge in [-0.25, -0.2) is 4.39 Å². The average Bonchev–Trinajstić information content (AvgIpc) is 2.40. The molecular formula is C12H12F4N2OS. The van der Waals surface area contributed by atoms with Crippen LogP contribution < -0.4 is 10.6 Å². The predicted octanol–water partition coefficient (Wildman–Crippen LogP) is 2.49. The molecule has 2 N–H and O–H groups in total. The first kappa shape index (κ1) is 15.1. The van der Waals surface area contributed by atoms with E-state index in [1.165, 1.54) is 0 Å². The molecule has 3 nitrogen and oxygen atoms in total. The molecule has 2 rings (SSSR count). The summed E-state index contributed by atoms with van der Waals surface area (Å²) in [5, 5.41) is 5.34. The maximum absolute atomic E-state index is 13.1. The van der Waals surface area contributed by atoms with Gasteiger partial charge in [-0.05, 0) is 18.2 Å². The van der Waals surface area contributed by atoms with Gasteiger partial charge in [-0.3, -0.25) is 4.79 Å². The number of hydrogen-bond acceptors (Lipinski definition) is 3. The molecule has 1 fully saturated rings. The third-order valence-electron chi connectivity index (χ3n) is 2.78. The normalized spacial score (nSPS) is 19.7. The summed E-state index contributed by atoms with van der Waals surface area (Å²) in [6.07, 6.45) is -4.79. The van der Waals surface area contributed by atoms with Gasteiger partial charge >= 0.3 is 6.18 Å². The van der Waals surface area contributed by atoms with Crippen molar-refractivity contribution < 1.29 is 22.4 Å². The second-order valence-corrected chi connectivity index (χ2v) is 5.41. The molecule has 1 aromatic carbocycles. The molecule has 1 aliphatic heterocycles. The van der Waals surface area contributed by atoms with Crippen LogP contribution in [0.25, 0.3) is 0 Å². The van der Waals surface area contributed by atoms with Crippen molar-refractivity contribution in [2.24, 2.45) is 0 Å². The summed E-state index contributed by atoms with van der Waals surface area (Å²) in [7, 11) is 0. The molecule has 0 spiro atoms. The van der Waals surface area contributed by atoms with Gasteiger partial charge in [0.05, 0.1) is 11.6 Å². The van der Waals surface area contributed by atoms with E-state index < -0.39 is 29.5 Å². The minimum atomic E-state index is -4.79. The third-order valence-corrected chi connectivity index (χ3v) is 3.84. The summed E-state index contributed by atoms with van der Waals surface area (Å²) in [6.45, 7) is 0.667. The summed E-state index contributed by atoms with van der Waals surface area (Å²) in [5.74, 6) is -0.337. The van der Waals surface area contributed by atoms with Crippen molar-refractivity contribution in [3.63, 3.8) is 0 Å². The van der Waals surface area contributed by atoms with Crippen LogP contribution in [0.2, 0.25) is 0 Å². The summed E-state index contributed by atoms with van der Waals surface area (Å²) >= 11 is 1.59. The summed E-state index contributed by atoms with van der Waals surface area (Å²) in [6, 6.07) is 1.96. The fraction of sp³-hybridized carbons (Fsp3) is 0.417. The highest BCUT2D eigenvalue weighted by atomic mass is 32.2. The number of benzene rings is 1. The van der Waals surface area contributed by atoms with Gasteiger partial charge in [0.1, 0.15) is 5.82 Å². The number of alkyl halides is 3. The van der Waals surface area contributed by atoms with Crippen molar-refractivity contribution in [3.05, 3.63) is 29.6 Å². The molecule has 1 unspecified atom stereocenters. The van der Waals surface area contributed by atoms with Gasteiger partial charge in [-0.2, -0.15) is 24.9 Å². The van der Waals surface area contributed by atoms with Crippen LogP contribution in [0.1, 0.15) is 5.56 Å². The summed E-state index contributed by atoms with van der Waals surface area (Å²) in [4.78, 5) is 11.9. The van der Waals surface area contributed by atoms with Gasteiger partial charge in [-0.1, -0.05) is 0 Å². The van der Waals surface area contributed by atoms with Crippen LogP contribution >= 0.6 is 11.8 Å². The number of anilines is 1. The van der Waals surface area contributed by atoms with Crippen molar-refractivity contribution in [2.75, 3.05) is 23.4 Å². The van der Waals surface area contributed by atoms with Gasteiger partial charge in [0.2, 0.25) is 5.91 Å². The number of halogens is 4. The van der Waals surface area contributed by atoms with Crippen molar-refractivity contribution in [3.8, 4) is 0 Å². The largest absolute Gasteiger partial charge is 0.419 e. The lowest BCUT2D eigenvalue weighted by Gasteiger charge is -2.22. The van der Waals surface area contributed by atoms with E-state index >= 15 is 0 Å². The van der Waals surface area contributed by atoms with Crippen molar-refractivity contribution in [2.45, 2.75) is 12.2 Å². The quantitative estimate of drug-likeness (QED) is 0.825. The van der Waals surface area contributed by atoms with Crippen LogP contribution in [0.4, 0.5) is 23.2 Å². The van der Waals surface area contributed by atoms with Gasteiger partial charge in [0.15, 0.2) is 0 Å². The Morgan fingerprint density at radius 1 is 1.40 bits per heavy atom. The molecule has 0 aliphatic carbocycles. The van der Waals surface area contributed by atoms with E-state index in [4.69, 9.17) is 0 Å². The Labute approximate surface area is 117 Å². The molecular weight excluding hydrogens is 296 g/mol. The minimum absolute atomic E-state index is 0.0684. The lowest BCUT2D eigenvalue weighted by atomic mass is 10.1. The Kier molecular flexibility index (Phi) is 4.54. The molecule has 1 aromatic rings. The zero-order valence-corrected chi connectivity index (χ0v) is 11.1. The molecule has 0 aromatic heterocycles. The molecule has 1 saturated heterocycles. The highest BCUT2D eigenvalue weighted by Crippen LogP contribution is 2.33. The Morgan fingerprint density at radius 3 is 2.75 bits per heavy atom.